The summed E-state index contributed by atoms with van der Waals surface area (Å²) in [6, 6.07) is 37.1. The highest BCUT2D eigenvalue weighted by atomic mass is 32.2. The van der Waals surface area contributed by atoms with Gasteiger partial charge in [-0.15, -0.1) is 16.9 Å². The molecule has 4 N–H and O–H groups in total. The number of nitrogens with two attached hydrogens (primary N) is 1. The van der Waals surface area contributed by atoms with Crippen molar-refractivity contribution in [3.8, 4) is 0 Å². The number of imide groups is 1. The number of carbonyl (C=O) groups excluding carboxylic acids is 9. The molecule has 0 bridgehead atoms. The van der Waals surface area contributed by atoms with Crippen LogP contribution in [0.2, 0.25) is 0 Å². The van der Waals surface area contributed by atoms with Crippen LogP contribution in [0.4, 0.5) is 15.3 Å². The number of piperazine rings is 1. The van der Waals surface area contributed by atoms with Gasteiger partial charge in [0.25, 0.3) is 5.91 Å². The van der Waals surface area contributed by atoms with Crippen LogP contribution in [-0.4, -0.2) is 143 Å². The summed E-state index contributed by atoms with van der Waals surface area (Å²) in [6.07, 6.45) is -3.05. The molecule has 3 aliphatic heterocycles. The smallest absolute Gasteiger partial charge is 0.428 e. The van der Waals surface area contributed by atoms with E-state index >= 15 is 0 Å². The van der Waals surface area contributed by atoms with E-state index in [-0.39, 0.29) is 48.1 Å². The number of aromatic nitrogens is 4. The molecule has 0 saturated carbocycles. The van der Waals surface area contributed by atoms with Crippen molar-refractivity contribution in [2.45, 2.75) is 68.1 Å². The average Bonchev–Trinajstić information content (AvgIpc) is 1.66. The Labute approximate surface area is 502 Å². The number of ether oxygens (including phenoxy) is 4. The molecule has 24 nitrogen and oxygen atoms in total. The molecule has 0 aliphatic carbocycles. The van der Waals surface area contributed by atoms with Gasteiger partial charge in [0, 0.05) is 38.2 Å². The zero-order valence-corrected chi connectivity index (χ0v) is 49.0. The summed E-state index contributed by atoms with van der Waals surface area (Å²) in [6.45, 7) is 5.68. The van der Waals surface area contributed by atoms with Gasteiger partial charge in [0.1, 0.15) is 35.4 Å². The van der Waals surface area contributed by atoms with Crippen molar-refractivity contribution in [3.63, 3.8) is 0 Å². The highest BCUT2D eigenvalue weighted by molar-refractivity contribution is 8.01. The van der Waals surface area contributed by atoms with E-state index in [2.05, 4.69) is 26.2 Å². The molecule has 2 saturated heterocycles. The first-order chi connectivity index (χ1) is 41.3. The van der Waals surface area contributed by atoms with Crippen LogP contribution in [0.1, 0.15) is 73.8 Å². The standard InChI is InChI=1S/C60H61N11O13S2/c1-6-68-31-32-69(52(75)51(68)74)57(79)63-44(36-27-29-42(30-28-36)71(61)59(80)81-33-43(55(77)84-60(2,3)4)54(76)82-47(37-19-11-7-12-20-37)38-21-13-8-14-22-38)49(72)62-45-50(73)70-46(41(34-85-53(45)70)35-86-58-64-65-66-67(58)5)56(78)83-48(39-23-15-9-16-24-39)40-25-17-10-18-26-40/h7-30,43-45,47-48,53H,6,31-35,61H2,1-5H3,(H,62,72)(H,63,79)/t43-,44-,45-,53-/m1/s1. The van der Waals surface area contributed by atoms with Crippen molar-refractivity contribution in [2.75, 3.05) is 42.8 Å². The van der Waals surface area contributed by atoms with Crippen molar-refractivity contribution < 1.29 is 62.1 Å². The molecular formula is C60H61N11O13S2. The summed E-state index contributed by atoms with van der Waals surface area (Å²) in [7, 11) is 1.66. The van der Waals surface area contributed by atoms with Gasteiger partial charge in [0.2, 0.25) is 11.1 Å². The van der Waals surface area contributed by atoms with Crippen LogP contribution in [0.15, 0.2) is 162 Å². The molecule has 9 rings (SSSR count). The van der Waals surface area contributed by atoms with Crippen molar-refractivity contribution in [2.24, 2.45) is 18.8 Å². The molecule has 4 heterocycles. The lowest BCUT2D eigenvalue weighted by Crippen LogP contribution is -2.71. The van der Waals surface area contributed by atoms with Gasteiger partial charge in [0.05, 0.1) is 5.69 Å². The number of β-lactam (4-membered cyclic amide) rings is 1. The average molecular weight is 1210 g/mol. The van der Waals surface area contributed by atoms with Gasteiger partial charge in [-0.2, -0.15) is 0 Å². The Kier molecular flexibility index (Phi) is 19.3. The lowest BCUT2D eigenvalue weighted by atomic mass is 10.00. The number of fused-ring (bicyclic) bond motifs is 1. The maximum atomic E-state index is 14.7. The van der Waals surface area contributed by atoms with E-state index < -0.39 is 101 Å². The molecule has 26 heteroatoms. The third kappa shape index (κ3) is 14.0. The number of anilines is 1. The molecule has 1 aromatic heterocycles. The van der Waals surface area contributed by atoms with E-state index in [9.17, 15) is 43.2 Å². The van der Waals surface area contributed by atoms with Crippen molar-refractivity contribution in [1.82, 2.24) is 45.5 Å². The topological polar surface area (TPSA) is 297 Å². The molecule has 86 heavy (non-hydrogen) atoms. The lowest BCUT2D eigenvalue weighted by molar-refractivity contribution is -0.172. The number of rotatable bonds is 20. The first-order valence-corrected chi connectivity index (χ1v) is 29.2. The zero-order valence-electron chi connectivity index (χ0n) is 47.3. The second kappa shape index (κ2) is 27.1. The summed E-state index contributed by atoms with van der Waals surface area (Å²) >= 11 is 2.51. The number of aryl methyl sites for hydroxylation is 1. The summed E-state index contributed by atoms with van der Waals surface area (Å²) < 4.78 is 24.8. The van der Waals surface area contributed by atoms with Crippen LogP contribution in [0.3, 0.4) is 0 Å². The molecule has 7 amide bonds. The molecule has 5 aromatic carbocycles. The van der Waals surface area contributed by atoms with Gasteiger partial charge in [-0.25, -0.2) is 29.9 Å². The molecule has 446 valence electrons. The number of nitrogens with one attached hydrogen (secondary N) is 2. The van der Waals surface area contributed by atoms with Crippen molar-refractivity contribution in [1.29, 1.82) is 0 Å². The van der Waals surface area contributed by atoms with Crippen molar-refractivity contribution in [3.05, 3.63) is 185 Å². The highest BCUT2D eigenvalue weighted by Gasteiger charge is 2.55. The molecule has 0 spiro atoms. The highest BCUT2D eigenvalue weighted by Crippen LogP contribution is 2.43. The quantitative estimate of drug-likeness (QED) is 0.00973. The van der Waals surface area contributed by atoms with Crippen LogP contribution in [0, 0.1) is 5.92 Å². The third-order valence-electron chi connectivity index (χ3n) is 13.9. The van der Waals surface area contributed by atoms with E-state index in [1.807, 2.05) is 60.7 Å². The largest absolute Gasteiger partial charge is 0.459 e. The maximum Gasteiger partial charge on any atom is 0.428 e. The second-order valence-electron chi connectivity index (χ2n) is 20.8. The number of nitrogens with zero attached hydrogens (tertiary/aromatic N) is 8. The Morgan fingerprint density at radius 1 is 0.744 bits per heavy atom. The Balaban J connectivity index is 0.944. The summed E-state index contributed by atoms with van der Waals surface area (Å²) in [5.74, 6) is -1.63. The molecule has 0 unspecified atom stereocenters. The molecule has 2 fully saturated rings. The first kappa shape index (κ1) is 61.2. The first-order valence-electron chi connectivity index (χ1n) is 27.2. The van der Waals surface area contributed by atoms with Gasteiger partial charge in [-0.05, 0) is 83.6 Å². The number of likely N-dealkylation sites (N-methyl/N-ethyl adjacent to an activating group) is 1. The number of amides is 7. The fraction of sp³-hybridized carbons (Fsp3) is 0.300. The van der Waals surface area contributed by atoms with Gasteiger partial charge in [0.15, 0.2) is 18.1 Å². The normalized spacial score (nSPS) is 16.6. The van der Waals surface area contributed by atoms with Gasteiger partial charge < -0.3 is 34.5 Å². The molecule has 4 atom stereocenters. The fourth-order valence-corrected chi connectivity index (χ4v) is 11.8. The SMILES string of the molecule is CCN1CCN(C(=O)N[C@@H](C(=O)N[C@@H]2C(=O)N3C(C(=O)OC(c4ccccc4)c4ccccc4)=C(CSc4nnnn4C)CS[C@H]23)c2ccc(N(N)C(=O)OC[C@H](C(=O)OC(c3ccccc3)c3ccccc3)C(=O)OC(C)(C)C)cc2)C(=O)C1=O. The number of carbonyl (C=O) groups is 9. The predicted molar refractivity (Wildman–Crippen MR) is 312 cm³/mol. The minimum atomic E-state index is -1.77. The van der Waals surface area contributed by atoms with E-state index in [1.54, 1.807) is 95.4 Å². The van der Waals surface area contributed by atoms with Crippen LogP contribution in [0.25, 0.3) is 0 Å². The number of esters is 3. The number of hydrazine groups is 1. The van der Waals surface area contributed by atoms with Crippen LogP contribution in [-0.2, 0) is 59.6 Å². The number of benzene rings is 5. The molecular weight excluding hydrogens is 1150 g/mol. The number of tetrazole rings is 1. The zero-order chi connectivity index (χ0) is 61.2. The summed E-state index contributed by atoms with van der Waals surface area (Å²) in [4.78, 5) is 129. The van der Waals surface area contributed by atoms with Gasteiger partial charge in [-0.3, -0.25) is 38.6 Å². The minimum Gasteiger partial charge on any atom is -0.459 e. The Morgan fingerprint density at radius 3 is 1.83 bits per heavy atom. The summed E-state index contributed by atoms with van der Waals surface area (Å²) in [5, 5.41) is 17.1. The minimum absolute atomic E-state index is 0.0245. The van der Waals surface area contributed by atoms with Gasteiger partial charge >= 0.3 is 41.8 Å². The number of hydrogen-bond donors (Lipinski definition) is 3. The van der Waals surface area contributed by atoms with Crippen LogP contribution >= 0.6 is 23.5 Å². The monoisotopic (exact) mass is 1210 g/mol. The molecule has 0 radical (unpaired) electrons. The maximum absolute atomic E-state index is 14.7. The van der Waals surface area contributed by atoms with Crippen LogP contribution < -0.4 is 21.5 Å². The Bertz CT molecular complexity index is 3440. The number of thioether (sulfide) groups is 2. The number of hydrogen-bond acceptors (Lipinski definition) is 19. The Hall–Kier alpha value is -9.40. The summed E-state index contributed by atoms with van der Waals surface area (Å²) in [5.41, 5.74) is 2.04. The van der Waals surface area contributed by atoms with E-state index in [4.69, 9.17) is 24.8 Å². The van der Waals surface area contributed by atoms with E-state index in [1.165, 1.54) is 62.3 Å². The molecule has 3 aliphatic rings. The van der Waals surface area contributed by atoms with E-state index in [0.29, 0.717) is 42.9 Å². The third-order valence-corrected chi connectivity index (χ3v) is 16.3. The predicted octanol–water partition coefficient (Wildman–Crippen LogP) is 5.54. The van der Waals surface area contributed by atoms with Crippen LogP contribution in [0.5, 0.6) is 0 Å². The molecule has 6 aromatic rings. The number of urea groups is 1. The Morgan fingerprint density at radius 2 is 1.30 bits per heavy atom. The van der Waals surface area contributed by atoms with Gasteiger partial charge in [-0.1, -0.05) is 145 Å². The second-order valence-corrected chi connectivity index (χ2v) is 22.9. The van der Waals surface area contributed by atoms with Crippen molar-refractivity contribution >= 4 is 82.9 Å². The fourth-order valence-electron chi connectivity index (χ4n) is 9.48. The lowest BCUT2D eigenvalue weighted by Gasteiger charge is -2.50. The van der Waals surface area contributed by atoms with E-state index in [0.717, 1.165) is 0 Å².